The summed E-state index contributed by atoms with van der Waals surface area (Å²) in [5.41, 5.74) is 9.95. The smallest absolute Gasteiger partial charge is 0.0409 e. The maximum atomic E-state index is 6.15. The second-order valence-electron chi connectivity index (χ2n) is 5.50. The molecule has 2 rings (SSSR count). The molecular weight excluding hydrogens is 298 g/mol. The summed E-state index contributed by atoms with van der Waals surface area (Å²) in [5, 5.41) is 0.776. The van der Waals surface area contributed by atoms with Crippen molar-refractivity contribution < 1.29 is 0 Å². The Bertz CT molecular complexity index is 625. The highest BCUT2D eigenvalue weighted by Gasteiger charge is 2.10. The van der Waals surface area contributed by atoms with Gasteiger partial charge in [-0.1, -0.05) is 48.0 Å². The molecule has 0 spiro atoms. The van der Waals surface area contributed by atoms with Crippen LogP contribution in [0.1, 0.15) is 30.0 Å². The molecule has 1 atom stereocenters. The van der Waals surface area contributed by atoms with Gasteiger partial charge in [0.15, 0.2) is 0 Å². The quantitative estimate of drug-likeness (QED) is 0.799. The van der Waals surface area contributed by atoms with Crippen LogP contribution in [0.2, 0.25) is 5.02 Å². The van der Waals surface area contributed by atoms with Crippen LogP contribution in [-0.4, -0.2) is 6.04 Å². The molecule has 0 radical (unpaired) electrons. The van der Waals surface area contributed by atoms with Crippen LogP contribution in [0.25, 0.3) is 0 Å². The second kappa shape index (κ2) is 7.35. The van der Waals surface area contributed by atoms with Crippen LogP contribution in [0.15, 0.2) is 46.2 Å². The average molecular weight is 320 g/mol. The summed E-state index contributed by atoms with van der Waals surface area (Å²) in [5.74, 6) is 0. The maximum Gasteiger partial charge on any atom is 0.0409 e. The molecule has 0 saturated heterocycles. The zero-order chi connectivity index (χ0) is 15.4. The largest absolute Gasteiger partial charge is 0.327 e. The third-order valence-corrected chi connectivity index (χ3v) is 5.11. The van der Waals surface area contributed by atoms with Crippen molar-refractivity contribution in [2.75, 3.05) is 0 Å². The highest BCUT2D eigenvalue weighted by molar-refractivity contribution is 7.99. The van der Waals surface area contributed by atoms with Gasteiger partial charge in [-0.25, -0.2) is 0 Å². The molecule has 3 heteroatoms. The summed E-state index contributed by atoms with van der Waals surface area (Å²) in [7, 11) is 0. The van der Waals surface area contributed by atoms with E-state index < -0.39 is 0 Å². The van der Waals surface area contributed by atoms with E-state index in [4.69, 9.17) is 17.3 Å². The van der Waals surface area contributed by atoms with E-state index >= 15 is 0 Å². The topological polar surface area (TPSA) is 26.0 Å². The molecule has 0 heterocycles. The van der Waals surface area contributed by atoms with E-state index in [-0.39, 0.29) is 6.04 Å². The summed E-state index contributed by atoms with van der Waals surface area (Å²) in [6, 6.07) is 12.8. The van der Waals surface area contributed by atoms with Crippen molar-refractivity contribution >= 4 is 23.4 Å². The van der Waals surface area contributed by atoms with E-state index in [1.54, 1.807) is 11.8 Å². The van der Waals surface area contributed by atoms with Gasteiger partial charge in [0.25, 0.3) is 0 Å². The Hall–Kier alpha value is -0.960. The molecule has 0 aromatic heterocycles. The van der Waals surface area contributed by atoms with Crippen molar-refractivity contribution in [1.29, 1.82) is 0 Å². The molecule has 21 heavy (non-hydrogen) atoms. The zero-order valence-electron chi connectivity index (χ0n) is 12.8. The van der Waals surface area contributed by atoms with Gasteiger partial charge in [0, 0.05) is 20.9 Å². The number of benzene rings is 2. The van der Waals surface area contributed by atoms with Crippen molar-refractivity contribution in [2.45, 2.75) is 49.4 Å². The third-order valence-electron chi connectivity index (χ3n) is 3.58. The number of nitrogens with two attached hydrogens (primary N) is 1. The molecule has 112 valence electrons. The fourth-order valence-corrected chi connectivity index (χ4v) is 3.46. The lowest BCUT2D eigenvalue weighted by Crippen LogP contribution is -2.21. The first-order valence-electron chi connectivity index (χ1n) is 7.28. The van der Waals surface area contributed by atoms with Crippen molar-refractivity contribution in [3.05, 3.63) is 58.1 Å². The lowest BCUT2D eigenvalue weighted by atomic mass is 10.0. The van der Waals surface area contributed by atoms with Gasteiger partial charge in [0.2, 0.25) is 0 Å². The number of hydrogen-bond acceptors (Lipinski definition) is 2. The summed E-state index contributed by atoms with van der Waals surface area (Å²) >= 11 is 7.94. The van der Waals surface area contributed by atoms with Crippen LogP contribution < -0.4 is 5.73 Å². The molecule has 0 saturated carbocycles. The number of aryl methyl sites for hydroxylation is 2. The lowest BCUT2D eigenvalue weighted by molar-refractivity contribution is 0.641. The van der Waals surface area contributed by atoms with E-state index in [1.807, 2.05) is 12.1 Å². The van der Waals surface area contributed by atoms with Crippen LogP contribution in [-0.2, 0) is 6.42 Å². The summed E-state index contributed by atoms with van der Waals surface area (Å²) in [6.07, 6.45) is 1.84. The van der Waals surface area contributed by atoms with Gasteiger partial charge < -0.3 is 5.73 Å². The maximum absolute atomic E-state index is 6.15. The van der Waals surface area contributed by atoms with Gasteiger partial charge >= 0.3 is 0 Å². The Morgan fingerprint density at radius 3 is 2.48 bits per heavy atom. The molecule has 1 unspecified atom stereocenters. The first-order valence-corrected chi connectivity index (χ1v) is 8.48. The Labute approximate surface area is 136 Å². The van der Waals surface area contributed by atoms with Crippen LogP contribution in [0.3, 0.4) is 0 Å². The standard InChI is InChI=1S/C18H22ClNS/c1-4-16(20)11-14-10-15(19)6-8-18(14)21-17-7-5-12(2)9-13(17)3/h5-10,16H,4,11,20H2,1-3H3. The van der Waals surface area contributed by atoms with E-state index in [9.17, 15) is 0 Å². The summed E-state index contributed by atoms with van der Waals surface area (Å²) in [6.45, 7) is 6.39. The minimum atomic E-state index is 0.182. The highest BCUT2D eigenvalue weighted by atomic mass is 35.5. The predicted molar refractivity (Wildman–Crippen MR) is 93.5 cm³/mol. The molecule has 0 aliphatic heterocycles. The van der Waals surface area contributed by atoms with Crippen molar-refractivity contribution in [2.24, 2.45) is 5.73 Å². The monoisotopic (exact) mass is 319 g/mol. The highest BCUT2D eigenvalue weighted by Crippen LogP contribution is 2.34. The van der Waals surface area contributed by atoms with Crippen LogP contribution >= 0.6 is 23.4 Å². The van der Waals surface area contributed by atoms with Gasteiger partial charge in [-0.05, 0) is 62.1 Å². The van der Waals surface area contributed by atoms with Crippen molar-refractivity contribution in [3.63, 3.8) is 0 Å². The van der Waals surface area contributed by atoms with Crippen LogP contribution in [0.5, 0.6) is 0 Å². The average Bonchev–Trinajstić information content (AvgIpc) is 2.44. The van der Waals surface area contributed by atoms with Gasteiger partial charge in [-0.2, -0.15) is 0 Å². The number of halogens is 1. The molecule has 0 aliphatic rings. The van der Waals surface area contributed by atoms with Gasteiger partial charge in [-0.15, -0.1) is 0 Å². The Morgan fingerprint density at radius 2 is 1.81 bits per heavy atom. The molecule has 0 fully saturated rings. The predicted octanol–water partition coefficient (Wildman–Crippen LogP) is 5.39. The van der Waals surface area contributed by atoms with E-state index in [1.165, 1.54) is 26.5 Å². The molecule has 2 aromatic carbocycles. The van der Waals surface area contributed by atoms with Crippen molar-refractivity contribution in [3.8, 4) is 0 Å². The fraction of sp³-hybridized carbons (Fsp3) is 0.333. The SMILES string of the molecule is CCC(N)Cc1cc(Cl)ccc1Sc1ccc(C)cc1C. The summed E-state index contributed by atoms with van der Waals surface area (Å²) < 4.78 is 0. The molecule has 1 nitrogen and oxygen atoms in total. The first kappa shape index (κ1) is 16.4. The fourth-order valence-electron chi connectivity index (χ4n) is 2.27. The van der Waals surface area contributed by atoms with Gasteiger partial charge in [-0.3, -0.25) is 0 Å². The van der Waals surface area contributed by atoms with Gasteiger partial charge in [0.05, 0.1) is 0 Å². The minimum absolute atomic E-state index is 0.182. The molecular formula is C18H22ClNS. The number of hydrogen-bond donors (Lipinski definition) is 1. The van der Waals surface area contributed by atoms with E-state index in [0.717, 1.165) is 17.9 Å². The van der Waals surface area contributed by atoms with Crippen molar-refractivity contribution in [1.82, 2.24) is 0 Å². The molecule has 2 N–H and O–H groups in total. The second-order valence-corrected chi connectivity index (χ2v) is 7.02. The van der Waals surface area contributed by atoms with Crippen LogP contribution in [0.4, 0.5) is 0 Å². The minimum Gasteiger partial charge on any atom is -0.327 e. The zero-order valence-corrected chi connectivity index (χ0v) is 14.4. The third kappa shape index (κ3) is 4.50. The number of rotatable bonds is 5. The Kier molecular flexibility index (Phi) is 5.74. The molecule has 0 aliphatic carbocycles. The lowest BCUT2D eigenvalue weighted by Gasteiger charge is -2.14. The normalized spacial score (nSPS) is 12.4. The first-order chi connectivity index (χ1) is 9.99. The molecule has 2 aromatic rings. The van der Waals surface area contributed by atoms with Gasteiger partial charge in [0.1, 0.15) is 0 Å². The van der Waals surface area contributed by atoms with Crippen LogP contribution in [0, 0.1) is 13.8 Å². The van der Waals surface area contributed by atoms with E-state index in [2.05, 4.69) is 45.0 Å². The Morgan fingerprint density at radius 1 is 1.10 bits per heavy atom. The molecule has 0 amide bonds. The van der Waals surface area contributed by atoms with E-state index in [0.29, 0.717) is 0 Å². The summed E-state index contributed by atoms with van der Waals surface area (Å²) in [4.78, 5) is 2.53. The molecule has 0 bridgehead atoms. The Balaban J connectivity index is 2.30.